The highest BCUT2D eigenvalue weighted by Crippen LogP contribution is 2.35. The van der Waals surface area contributed by atoms with Gasteiger partial charge in [0.1, 0.15) is 0 Å². The van der Waals surface area contributed by atoms with E-state index in [4.69, 9.17) is 5.84 Å². The number of para-hydroxylation sites is 1. The van der Waals surface area contributed by atoms with E-state index in [-0.39, 0.29) is 11.6 Å². The molecule has 5 heteroatoms. The summed E-state index contributed by atoms with van der Waals surface area (Å²) in [6.07, 6.45) is 2.04. The SMILES string of the molecule is NNc1nc2ccccc2c(=O)n1C1CC1. The highest BCUT2D eigenvalue weighted by molar-refractivity contribution is 5.78. The molecule has 0 aliphatic heterocycles. The number of anilines is 1. The smallest absolute Gasteiger partial charge is 0.263 e. The third-order valence-corrected chi connectivity index (χ3v) is 2.85. The Morgan fingerprint density at radius 2 is 2.12 bits per heavy atom. The second-order valence-corrected chi connectivity index (χ2v) is 4.00. The van der Waals surface area contributed by atoms with Crippen LogP contribution in [0.5, 0.6) is 0 Å². The summed E-state index contributed by atoms with van der Waals surface area (Å²) in [6.45, 7) is 0. The minimum atomic E-state index is -0.0129. The molecule has 1 fully saturated rings. The molecule has 3 N–H and O–H groups in total. The summed E-state index contributed by atoms with van der Waals surface area (Å²) < 4.78 is 1.66. The number of nitrogen functional groups attached to an aromatic ring is 1. The lowest BCUT2D eigenvalue weighted by Crippen LogP contribution is -2.26. The zero-order valence-electron chi connectivity index (χ0n) is 8.68. The second-order valence-electron chi connectivity index (χ2n) is 4.00. The van der Waals surface area contributed by atoms with Crippen LogP contribution >= 0.6 is 0 Å². The van der Waals surface area contributed by atoms with Gasteiger partial charge in [-0.05, 0) is 25.0 Å². The van der Waals surface area contributed by atoms with Crippen molar-refractivity contribution >= 4 is 16.9 Å². The maximum atomic E-state index is 12.2. The Bertz CT molecular complexity index is 600. The van der Waals surface area contributed by atoms with E-state index in [1.165, 1.54) is 0 Å². The number of hydrogen-bond acceptors (Lipinski definition) is 4. The van der Waals surface area contributed by atoms with E-state index in [0.29, 0.717) is 16.9 Å². The third-order valence-electron chi connectivity index (χ3n) is 2.85. The Morgan fingerprint density at radius 1 is 1.38 bits per heavy atom. The number of fused-ring (bicyclic) bond motifs is 1. The van der Waals surface area contributed by atoms with Gasteiger partial charge in [-0.3, -0.25) is 14.8 Å². The van der Waals surface area contributed by atoms with E-state index < -0.39 is 0 Å². The molecule has 2 aromatic rings. The lowest BCUT2D eigenvalue weighted by Gasteiger charge is -2.11. The fourth-order valence-electron chi connectivity index (χ4n) is 1.92. The van der Waals surface area contributed by atoms with Crippen molar-refractivity contribution in [2.75, 3.05) is 5.43 Å². The van der Waals surface area contributed by atoms with Gasteiger partial charge >= 0.3 is 0 Å². The predicted octanol–water partition coefficient (Wildman–Crippen LogP) is 1.02. The van der Waals surface area contributed by atoms with Crippen molar-refractivity contribution < 1.29 is 0 Å². The number of nitrogens with zero attached hydrogens (tertiary/aromatic N) is 2. The van der Waals surface area contributed by atoms with Crippen molar-refractivity contribution in [3.63, 3.8) is 0 Å². The quantitative estimate of drug-likeness (QED) is 0.580. The van der Waals surface area contributed by atoms with Gasteiger partial charge in [0.25, 0.3) is 5.56 Å². The first-order valence-electron chi connectivity index (χ1n) is 5.29. The van der Waals surface area contributed by atoms with Crippen LogP contribution in [0.15, 0.2) is 29.1 Å². The van der Waals surface area contributed by atoms with Crippen molar-refractivity contribution in [1.82, 2.24) is 9.55 Å². The molecule has 16 heavy (non-hydrogen) atoms. The first-order valence-corrected chi connectivity index (χ1v) is 5.29. The van der Waals surface area contributed by atoms with E-state index in [2.05, 4.69) is 10.4 Å². The third kappa shape index (κ3) is 1.29. The highest BCUT2D eigenvalue weighted by Gasteiger charge is 2.28. The van der Waals surface area contributed by atoms with Crippen LogP contribution in [0.3, 0.4) is 0 Å². The summed E-state index contributed by atoms with van der Waals surface area (Å²) in [5, 5.41) is 0.647. The fraction of sp³-hybridized carbons (Fsp3) is 0.273. The number of aromatic nitrogens is 2. The Labute approximate surface area is 91.9 Å². The number of nitrogens with two attached hydrogens (primary N) is 1. The molecule has 1 aliphatic rings. The molecule has 1 aromatic carbocycles. The van der Waals surface area contributed by atoms with Gasteiger partial charge in [0, 0.05) is 6.04 Å². The number of benzene rings is 1. The minimum Gasteiger partial charge on any atom is -0.294 e. The number of hydrazine groups is 1. The maximum absolute atomic E-state index is 12.2. The normalized spacial score (nSPS) is 15.3. The zero-order chi connectivity index (χ0) is 11.1. The summed E-state index contributed by atoms with van der Waals surface area (Å²) in [6, 6.07) is 7.57. The lowest BCUT2D eigenvalue weighted by molar-refractivity contribution is 0.705. The van der Waals surface area contributed by atoms with Crippen molar-refractivity contribution in [3.05, 3.63) is 34.6 Å². The van der Waals surface area contributed by atoms with Gasteiger partial charge in [-0.2, -0.15) is 0 Å². The van der Waals surface area contributed by atoms with Crippen LogP contribution in [0.4, 0.5) is 5.95 Å². The monoisotopic (exact) mass is 216 g/mol. The van der Waals surface area contributed by atoms with Gasteiger partial charge in [0.15, 0.2) is 0 Å². The molecule has 5 nitrogen and oxygen atoms in total. The van der Waals surface area contributed by atoms with Crippen LogP contribution in [0.1, 0.15) is 18.9 Å². The van der Waals surface area contributed by atoms with Crippen molar-refractivity contribution in [2.24, 2.45) is 5.84 Å². The largest absolute Gasteiger partial charge is 0.294 e. The molecule has 0 radical (unpaired) electrons. The maximum Gasteiger partial charge on any atom is 0.263 e. The number of nitrogens with one attached hydrogen (secondary N) is 1. The van der Waals surface area contributed by atoms with Crippen molar-refractivity contribution in [2.45, 2.75) is 18.9 Å². The van der Waals surface area contributed by atoms with Crippen LogP contribution in [0.25, 0.3) is 10.9 Å². The highest BCUT2D eigenvalue weighted by atomic mass is 16.1. The summed E-state index contributed by atoms with van der Waals surface area (Å²) >= 11 is 0. The van der Waals surface area contributed by atoms with Crippen molar-refractivity contribution in [3.8, 4) is 0 Å². The molecule has 0 bridgehead atoms. The van der Waals surface area contributed by atoms with Gasteiger partial charge in [0.05, 0.1) is 10.9 Å². The van der Waals surface area contributed by atoms with Gasteiger partial charge in [0.2, 0.25) is 5.95 Å². The predicted molar refractivity (Wildman–Crippen MR) is 62.1 cm³/mol. The second kappa shape index (κ2) is 3.31. The van der Waals surface area contributed by atoms with E-state index in [9.17, 15) is 4.79 Å². The summed E-state index contributed by atoms with van der Waals surface area (Å²) in [5.41, 5.74) is 3.17. The molecule has 1 aliphatic carbocycles. The summed E-state index contributed by atoms with van der Waals surface area (Å²) in [5.74, 6) is 5.85. The minimum absolute atomic E-state index is 0.0129. The van der Waals surface area contributed by atoms with E-state index in [1.807, 2.05) is 18.2 Å². The molecular formula is C11H12N4O. The van der Waals surface area contributed by atoms with Crippen molar-refractivity contribution in [1.29, 1.82) is 0 Å². The molecule has 82 valence electrons. The molecule has 0 atom stereocenters. The zero-order valence-corrected chi connectivity index (χ0v) is 8.68. The topological polar surface area (TPSA) is 72.9 Å². The van der Waals surface area contributed by atoms with Gasteiger partial charge < -0.3 is 0 Å². The molecule has 1 heterocycles. The average molecular weight is 216 g/mol. The summed E-state index contributed by atoms with van der Waals surface area (Å²) in [7, 11) is 0. The first kappa shape index (κ1) is 9.35. The lowest BCUT2D eigenvalue weighted by atomic mass is 10.2. The summed E-state index contributed by atoms with van der Waals surface area (Å²) in [4.78, 5) is 16.6. The molecule has 1 saturated carbocycles. The number of hydrogen-bond donors (Lipinski definition) is 2. The van der Waals surface area contributed by atoms with Crippen LogP contribution in [-0.4, -0.2) is 9.55 Å². The van der Waals surface area contributed by atoms with Gasteiger partial charge in [-0.15, -0.1) is 0 Å². The Kier molecular flexibility index (Phi) is 1.94. The first-order chi connectivity index (χ1) is 7.81. The van der Waals surface area contributed by atoms with Crippen LogP contribution < -0.4 is 16.8 Å². The van der Waals surface area contributed by atoms with E-state index in [1.54, 1.807) is 10.6 Å². The molecule has 0 amide bonds. The Balaban J connectivity index is 2.38. The van der Waals surface area contributed by atoms with E-state index >= 15 is 0 Å². The molecule has 0 saturated heterocycles. The Hall–Kier alpha value is -1.88. The molecule has 3 rings (SSSR count). The van der Waals surface area contributed by atoms with Gasteiger partial charge in [-0.1, -0.05) is 12.1 Å². The van der Waals surface area contributed by atoms with E-state index in [0.717, 1.165) is 12.8 Å². The van der Waals surface area contributed by atoms with Crippen LogP contribution in [0.2, 0.25) is 0 Å². The van der Waals surface area contributed by atoms with Crippen LogP contribution in [-0.2, 0) is 0 Å². The average Bonchev–Trinajstić information content (AvgIpc) is 3.13. The molecule has 1 aromatic heterocycles. The standard InChI is InChI=1S/C11H12N4O/c12-14-11-13-9-4-2-1-3-8(9)10(16)15(11)7-5-6-7/h1-4,7H,5-6,12H2,(H,13,14). The molecule has 0 spiro atoms. The molecule has 0 unspecified atom stereocenters. The molecular weight excluding hydrogens is 204 g/mol. The Morgan fingerprint density at radius 3 is 2.81 bits per heavy atom. The van der Waals surface area contributed by atoms with Gasteiger partial charge in [-0.25, -0.2) is 10.8 Å². The number of rotatable bonds is 2. The fourth-order valence-corrected chi connectivity index (χ4v) is 1.92. The van der Waals surface area contributed by atoms with Crippen LogP contribution in [0, 0.1) is 0 Å².